The Morgan fingerprint density at radius 3 is 2.86 bits per heavy atom. The maximum Gasteiger partial charge on any atom is 0.271 e. The number of aliphatic hydroxyl groups is 1. The Kier molecular flexibility index (Phi) is 6.41. The Hall–Kier alpha value is -2.32. The highest BCUT2D eigenvalue weighted by Crippen LogP contribution is 2.25. The molecule has 1 aliphatic heterocycles. The van der Waals surface area contributed by atoms with Gasteiger partial charge < -0.3 is 20.2 Å². The van der Waals surface area contributed by atoms with Crippen molar-refractivity contribution >= 4 is 29.9 Å². The Morgan fingerprint density at radius 2 is 2.18 bits per heavy atom. The summed E-state index contributed by atoms with van der Waals surface area (Å²) in [5, 5.41) is 20.8. The third kappa shape index (κ3) is 4.23. The van der Waals surface area contributed by atoms with E-state index in [1.54, 1.807) is 41.3 Å². The number of carbonyl (C=O) groups excluding carboxylic acids is 1. The zero-order chi connectivity index (χ0) is 18.8. The number of benzene rings is 1. The van der Waals surface area contributed by atoms with Gasteiger partial charge in [0.2, 0.25) is 0 Å². The molecule has 2 unspecified atom stereocenters. The van der Waals surface area contributed by atoms with Crippen LogP contribution in [0.2, 0.25) is 5.02 Å². The summed E-state index contributed by atoms with van der Waals surface area (Å²) in [7, 11) is 0. The van der Waals surface area contributed by atoms with Crippen LogP contribution in [-0.4, -0.2) is 46.5 Å². The number of nitrogens with one attached hydrogen (secondary N) is 2. The molecule has 7 nitrogen and oxygen atoms in total. The Morgan fingerprint density at radius 1 is 1.32 bits per heavy atom. The van der Waals surface area contributed by atoms with Gasteiger partial charge in [0.1, 0.15) is 5.69 Å². The van der Waals surface area contributed by atoms with Crippen LogP contribution < -0.4 is 10.6 Å². The lowest BCUT2D eigenvalue weighted by molar-refractivity contribution is 0.0921. The molecular weight excluding hydrogens is 403 g/mol. The first-order valence-electron chi connectivity index (χ1n) is 8.68. The molecule has 28 heavy (non-hydrogen) atoms. The quantitative estimate of drug-likeness (QED) is 0.587. The molecular formula is C19H20Cl2N4O3. The summed E-state index contributed by atoms with van der Waals surface area (Å²) in [6.45, 7) is 1.61. The van der Waals surface area contributed by atoms with E-state index in [1.165, 1.54) is 0 Å². The van der Waals surface area contributed by atoms with Gasteiger partial charge in [0, 0.05) is 36.6 Å². The normalized spacial score (nSPS) is 18.6. The predicted octanol–water partition coefficient (Wildman–Crippen LogP) is 2.52. The lowest BCUT2D eigenvalue weighted by atomic mass is 10.1. The highest BCUT2D eigenvalue weighted by Gasteiger charge is 2.26. The van der Waals surface area contributed by atoms with E-state index < -0.39 is 6.10 Å². The maximum absolute atomic E-state index is 12.6. The summed E-state index contributed by atoms with van der Waals surface area (Å²) >= 11 is 6.10. The average Bonchev–Trinajstić information content (AvgIpc) is 3.40. The molecule has 3 heterocycles. The molecule has 4 rings (SSSR count). The summed E-state index contributed by atoms with van der Waals surface area (Å²) in [6.07, 6.45) is 1.12. The first kappa shape index (κ1) is 20.4. The molecule has 9 heteroatoms. The van der Waals surface area contributed by atoms with Gasteiger partial charge in [-0.2, -0.15) is 5.10 Å². The smallest absolute Gasteiger partial charge is 0.271 e. The molecule has 0 spiro atoms. The minimum absolute atomic E-state index is 0. The van der Waals surface area contributed by atoms with E-state index in [9.17, 15) is 9.90 Å². The Balaban J connectivity index is 0.00000225. The molecule has 2 atom stereocenters. The molecule has 2 aromatic heterocycles. The van der Waals surface area contributed by atoms with Crippen molar-refractivity contribution in [3.05, 3.63) is 59.4 Å². The van der Waals surface area contributed by atoms with Crippen LogP contribution in [0.25, 0.3) is 17.1 Å². The number of β-amino-alcohol motifs (C(OH)–C–C–N with tert-alkyl or cyclic N) is 1. The van der Waals surface area contributed by atoms with E-state index in [4.69, 9.17) is 16.0 Å². The minimum atomic E-state index is -0.451. The van der Waals surface area contributed by atoms with Crippen LogP contribution >= 0.6 is 24.0 Å². The molecule has 3 aromatic rings. The van der Waals surface area contributed by atoms with Crippen molar-refractivity contribution in [3.63, 3.8) is 0 Å². The van der Waals surface area contributed by atoms with E-state index in [2.05, 4.69) is 15.7 Å². The molecule has 1 aliphatic rings. The lowest BCUT2D eigenvalue weighted by Crippen LogP contribution is -2.34. The third-order valence-corrected chi connectivity index (χ3v) is 4.83. The largest absolute Gasteiger partial charge is 0.463 e. The van der Waals surface area contributed by atoms with Crippen LogP contribution in [0, 0.1) is 5.92 Å². The molecule has 148 valence electrons. The third-order valence-electron chi connectivity index (χ3n) is 4.60. The maximum atomic E-state index is 12.6. The number of amides is 1. The number of halogens is 2. The van der Waals surface area contributed by atoms with Crippen molar-refractivity contribution in [2.75, 3.05) is 19.6 Å². The van der Waals surface area contributed by atoms with E-state index in [0.29, 0.717) is 36.1 Å². The monoisotopic (exact) mass is 422 g/mol. The van der Waals surface area contributed by atoms with Crippen LogP contribution in [0.5, 0.6) is 0 Å². The van der Waals surface area contributed by atoms with Crippen LogP contribution in [0.3, 0.4) is 0 Å². The summed E-state index contributed by atoms with van der Waals surface area (Å²) in [4.78, 5) is 12.6. The zero-order valence-electron chi connectivity index (χ0n) is 14.8. The van der Waals surface area contributed by atoms with Gasteiger partial charge in [-0.15, -0.1) is 12.4 Å². The van der Waals surface area contributed by atoms with Crippen molar-refractivity contribution in [2.45, 2.75) is 6.10 Å². The summed E-state index contributed by atoms with van der Waals surface area (Å²) < 4.78 is 7.12. The number of furan rings is 1. The van der Waals surface area contributed by atoms with Crippen molar-refractivity contribution in [1.82, 2.24) is 20.4 Å². The highest BCUT2D eigenvalue weighted by atomic mass is 35.5. The van der Waals surface area contributed by atoms with E-state index >= 15 is 0 Å². The molecule has 1 saturated heterocycles. The van der Waals surface area contributed by atoms with Crippen molar-refractivity contribution < 1.29 is 14.3 Å². The first-order valence-corrected chi connectivity index (χ1v) is 9.06. The minimum Gasteiger partial charge on any atom is -0.463 e. The number of aromatic nitrogens is 2. The van der Waals surface area contributed by atoms with Crippen LogP contribution in [0.1, 0.15) is 10.5 Å². The number of carbonyl (C=O) groups is 1. The summed E-state index contributed by atoms with van der Waals surface area (Å²) in [5.41, 5.74) is 1.64. The van der Waals surface area contributed by atoms with Gasteiger partial charge in [-0.05, 0) is 30.3 Å². The van der Waals surface area contributed by atoms with Crippen molar-refractivity contribution in [1.29, 1.82) is 0 Å². The molecule has 0 aliphatic carbocycles. The van der Waals surface area contributed by atoms with Gasteiger partial charge in [0.25, 0.3) is 5.91 Å². The number of nitrogens with zero attached hydrogens (tertiary/aromatic N) is 2. The summed E-state index contributed by atoms with van der Waals surface area (Å²) in [5.74, 6) is 0.285. The first-order chi connectivity index (χ1) is 13.1. The molecule has 1 fully saturated rings. The van der Waals surface area contributed by atoms with Crippen molar-refractivity contribution in [2.24, 2.45) is 5.92 Å². The van der Waals surface area contributed by atoms with Gasteiger partial charge in [-0.1, -0.05) is 17.7 Å². The van der Waals surface area contributed by atoms with Crippen molar-refractivity contribution in [3.8, 4) is 17.1 Å². The number of hydrogen-bond donors (Lipinski definition) is 3. The fourth-order valence-corrected chi connectivity index (χ4v) is 3.32. The fraction of sp³-hybridized carbons (Fsp3) is 0.263. The number of hydrogen-bond acceptors (Lipinski definition) is 5. The second kappa shape index (κ2) is 8.79. The molecule has 3 N–H and O–H groups in total. The van der Waals surface area contributed by atoms with Crippen LogP contribution in [0.15, 0.2) is 53.1 Å². The van der Waals surface area contributed by atoms with Gasteiger partial charge in [-0.3, -0.25) is 4.79 Å². The summed E-state index contributed by atoms with van der Waals surface area (Å²) in [6, 6.07) is 12.5. The fourth-order valence-electron chi connectivity index (χ4n) is 3.14. The average molecular weight is 423 g/mol. The zero-order valence-corrected chi connectivity index (χ0v) is 16.4. The SMILES string of the molecule is Cl.O=C(NCC1CNCC1O)c1cc(-c2ccco2)n(-c2cccc(Cl)c2)n1. The Labute approximate surface area is 173 Å². The predicted molar refractivity (Wildman–Crippen MR) is 108 cm³/mol. The topological polar surface area (TPSA) is 92.3 Å². The molecule has 0 radical (unpaired) electrons. The molecule has 1 aromatic carbocycles. The van der Waals surface area contributed by atoms with Gasteiger partial charge in [0.05, 0.1) is 18.1 Å². The Bertz CT molecular complexity index is 943. The van der Waals surface area contributed by atoms with Crippen LogP contribution in [-0.2, 0) is 0 Å². The number of rotatable bonds is 5. The highest BCUT2D eigenvalue weighted by molar-refractivity contribution is 6.30. The molecule has 0 bridgehead atoms. The van der Waals surface area contributed by atoms with Gasteiger partial charge in [-0.25, -0.2) is 4.68 Å². The number of aliphatic hydroxyl groups excluding tert-OH is 1. The molecule has 0 saturated carbocycles. The molecule has 1 amide bonds. The standard InChI is InChI=1S/C19H19ClN4O3.ClH/c20-13-3-1-4-14(7-13)24-16(18-5-2-6-27-18)8-15(23-24)19(26)22-10-12-9-21-11-17(12)25;/h1-8,12,17,21,25H,9-11H2,(H,22,26);1H. The van der Waals surface area contributed by atoms with E-state index in [1.807, 2.05) is 12.1 Å². The van der Waals surface area contributed by atoms with E-state index in [-0.39, 0.29) is 29.9 Å². The van der Waals surface area contributed by atoms with Crippen LogP contribution in [0.4, 0.5) is 0 Å². The second-order valence-corrected chi connectivity index (χ2v) is 6.92. The van der Waals surface area contributed by atoms with Gasteiger partial charge >= 0.3 is 0 Å². The van der Waals surface area contributed by atoms with Gasteiger partial charge in [0.15, 0.2) is 11.5 Å². The van der Waals surface area contributed by atoms with E-state index in [0.717, 1.165) is 5.69 Å². The second-order valence-electron chi connectivity index (χ2n) is 6.48. The lowest BCUT2D eigenvalue weighted by Gasteiger charge is -2.13.